The van der Waals surface area contributed by atoms with Crippen molar-refractivity contribution in [3.63, 3.8) is 0 Å². The molecule has 2 fully saturated rings. The number of hydrogen-bond acceptors (Lipinski definition) is 3. The molecule has 5 nitrogen and oxygen atoms in total. The molecule has 1 aromatic heterocycles. The molecule has 0 radical (unpaired) electrons. The monoisotopic (exact) mass is 378 g/mol. The van der Waals surface area contributed by atoms with E-state index in [9.17, 15) is 9.18 Å². The first-order chi connectivity index (χ1) is 12.5. The van der Waals surface area contributed by atoms with Crippen molar-refractivity contribution in [2.75, 3.05) is 18.0 Å². The molecular weight excluding hydrogens is 355 g/mol. The number of fused-ring (bicyclic) bond motifs is 1. The number of anilines is 1. The zero-order valence-corrected chi connectivity index (χ0v) is 15.7. The minimum atomic E-state index is -0.453. The highest BCUT2D eigenvalue weighted by Crippen LogP contribution is 2.29. The largest absolute Gasteiger partial charge is 0.353 e. The molecule has 0 unspecified atom stereocenters. The first-order valence-electron chi connectivity index (χ1n) is 9.39. The minimum absolute atomic E-state index is 0.0772. The van der Waals surface area contributed by atoms with Crippen LogP contribution in [0.5, 0.6) is 0 Å². The van der Waals surface area contributed by atoms with Crippen molar-refractivity contribution < 1.29 is 9.18 Å². The van der Waals surface area contributed by atoms with E-state index in [0.717, 1.165) is 50.2 Å². The Bertz CT molecular complexity index is 823. The van der Waals surface area contributed by atoms with Crippen LogP contribution >= 0.6 is 11.6 Å². The number of carbonyl (C=O) groups is 1. The fraction of sp³-hybridized carbons (Fsp3) is 0.579. The Morgan fingerprint density at radius 1 is 1.23 bits per heavy atom. The zero-order chi connectivity index (χ0) is 18.3. The van der Waals surface area contributed by atoms with Crippen molar-refractivity contribution in [2.45, 2.75) is 44.6 Å². The van der Waals surface area contributed by atoms with Gasteiger partial charge in [0.15, 0.2) is 0 Å². The van der Waals surface area contributed by atoms with E-state index in [-0.39, 0.29) is 16.8 Å². The molecule has 7 heteroatoms. The molecule has 1 aliphatic carbocycles. The van der Waals surface area contributed by atoms with Gasteiger partial charge in [-0.1, -0.05) is 24.4 Å². The van der Waals surface area contributed by atoms with Gasteiger partial charge in [-0.15, -0.1) is 0 Å². The summed E-state index contributed by atoms with van der Waals surface area (Å²) in [4.78, 5) is 19.2. The van der Waals surface area contributed by atoms with E-state index in [4.69, 9.17) is 11.6 Å². The Morgan fingerprint density at radius 3 is 2.62 bits per heavy atom. The molecule has 1 saturated carbocycles. The number of halogens is 2. The number of amides is 1. The molecule has 4 rings (SSSR count). The lowest BCUT2D eigenvalue weighted by Gasteiger charge is -2.32. The number of piperidine rings is 1. The third-order valence-electron chi connectivity index (χ3n) is 5.75. The zero-order valence-electron chi connectivity index (χ0n) is 15.0. The van der Waals surface area contributed by atoms with Crippen LogP contribution < -0.4 is 10.2 Å². The second-order valence-electron chi connectivity index (χ2n) is 7.48. The van der Waals surface area contributed by atoms with E-state index in [0.29, 0.717) is 11.6 Å². The van der Waals surface area contributed by atoms with E-state index in [1.807, 2.05) is 11.6 Å². The Balaban J connectivity index is 1.43. The number of nitrogens with one attached hydrogen (secondary N) is 1. The second-order valence-corrected chi connectivity index (χ2v) is 7.88. The summed E-state index contributed by atoms with van der Waals surface area (Å²) in [6.45, 7) is 1.55. The SMILES string of the molecule is Cn1c(N2CCC(C(=O)NC3CCCC3)CC2)nc2cc(F)c(Cl)cc21. The Kier molecular flexibility index (Phi) is 4.78. The quantitative estimate of drug-likeness (QED) is 0.887. The van der Waals surface area contributed by atoms with Crippen LogP contribution in [0.25, 0.3) is 11.0 Å². The molecule has 26 heavy (non-hydrogen) atoms. The van der Waals surface area contributed by atoms with Gasteiger partial charge in [-0.05, 0) is 31.7 Å². The fourth-order valence-corrected chi connectivity index (χ4v) is 4.35. The van der Waals surface area contributed by atoms with Crippen LogP contribution in [-0.4, -0.2) is 34.6 Å². The predicted octanol–water partition coefficient (Wildman–Crippen LogP) is 3.64. The van der Waals surface area contributed by atoms with E-state index >= 15 is 0 Å². The summed E-state index contributed by atoms with van der Waals surface area (Å²) in [5.41, 5.74) is 1.41. The molecule has 1 N–H and O–H groups in total. The van der Waals surface area contributed by atoms with Crippen molar-refractivity contribution in [3.8, 4) is 0 Å². The van der Waals surface area contributed by atoms with Crippen molar-refractivity contribution in [2.24, 2.45) is 13.0 Å². The van der Waals surface area contributed by atoms with E-state index in [2.05, 4.69) is 15.2 Å². The van der Waals surface area contributed by atoms with Gasteiger partial charge in [-0.3, -0.25) is 4.79 Å². The van der Waals surface area contributed by atoms with Gasteiger partial charge in [0, 0.05) is 38.2 Å². The van der Waals surface area contributed by atoms with Crippen LogP contribution in [0.4, 0.5) is 10.3 Å². The number of hydrogen-bond donors (Lipinski definition) is 1. The van der Waals surface area contributed by atoms with Gasteiger partial charge in [0.05, 0.1) is 16.1 Å². The fourth-order valence-electron chi connectivity index (χ4n) is 4.19. The molecule has 2 aliphatic rings. The summed E-state index contributed by atoms with van der Waals surface area (Å²) in [5.74, 6) is 0.631. The summed E-state index contributed by atoms with van der Waals surface area (Å²) in [5, 5.41) is 3.32. The van der Waals surface area contributed by atoms with Gasteiger partial charge in [0.1, 0.15) is 5.82 Å². The smallest absolute Gasteiger partial charge is 0.223 e. The minimum Gasteiger partial charge on any atom is -0.353 e. The maximum atomic E-state index is 13.7. The molecule has 2 aromatic rings. The highest BCUT2D eigenvalue weighted by atomic mass is 35.5. The van der Waals surface area contributed by atoms with Crippen LogP contribution in [0.3, 0.4) is 0 Å². The average Bonchev–Trinajstić information content (AvgIpc) is 3.25. The van der Waals surface area contributed by atoms with Crippen molar-refractivity contribution in [1.82, 2.24) is 14.9 Å². The van der Waals surface area contributed by atoms with Crippen LogP contribution in [0, 0.1) is 11.7 Å². The molecule has 0 spiro atoms. The van der Waals surface area contributed by atoms with Gasteiger partial charge < -0.3 is 14.8 Å². The summed E-state index contributed by atoms with van der Waals surface area (Å²) < 4.78 is 15.6. The van der Waals surface area contributed by atoms with Crippen LogP contribution in [-0.2, 0) is 11.8 Å². The van der Waals surface area contributed by atoms with E-state index < -0.39 is 5.82 Å². The highest BCUT2D eigenvalue weighted by molar-refractivity contribution is 6.31. The summed E-state index contributed by atoms with van der Waals surface area (Å²) >= 11 is 5.90. The summed E-state index contributed by atoms with van der Waals surface area (Å²) in [6, 6.07) is 3.37. The van der Waals surface area contributed by atoms with Gasteiger partial charge in [-0.2, -0.15) is 0 Å². The summed E-state index contributed by atoms with van der Waals surface area (Å²) in [6.07, 6.45) is 6.31. The predicted molar refractivity (Wildman–Crippen MR) is 101 cm³/mol. The number of imidazole rings is 1. The molecule has 1 aromatic carbocycles. The molecule has 1 amide bonds. The van der Waals surface area contributed by atoms with Gasteiger partial charge in [-0.25, -0.2) is 9.37 Å². The molecule has 2 heterocycles. The maximum Gasteiger partial charge on any atom is 0.223 e. The number of carbonyl (C=O) groups excluding carboxylic acids is 1. The average molecular weight is 379 g/mol. The molecule has 140 valence electrons. The normalized spacial score (nSPS) is 19.4. The van der Waals surface area contributed by atoms with Crippen LogP contribution in [0.15, 0.2) is 12.1 Å². The second kappa shape index (κ2) is 7.06. The van der Waals surface area contributed by atoms with E-state index in [1.165, 1.54) is 18.9 Å². The maximum absolute atomic E-state index is 13.7. The standard InChI is InChI=1S/C19H24ClFN4O/c1-24-17-10-14(20)15(21)11-16(17)23-19(24)25-8-6-12(7-9-25)18(26)22-13-4-2-3-5-13/h10-13H,2-9H2,1H3,(H,22,26). The lowest BCUT2D eigenvalue weighted by molar-refractivity contribution is -0.126. The van der Waals surface area contributed by atoms with Crippen molar-refractivity contribution in [3.05, 3.63) is 23.0 Å². The number of rotatable bonds is 3. The van der Waals surface area contributed by atoms with E-state index in [1.54, 1.807) is 6.07 Å². The Hall–Kier alpha value is -1.82. The number of nitrogens with zero attached hydrogens (tertiary/aromatic N) is 3. The third-order valence-corrected chi connectivity index (χ3v) is 6.04. The van der Waals surface area contributed by atoms with Gasteiger partial charge in [0.25, 0.3) is 0 Å². The van der Waals surface area contributed by atoms with Crippen LogP contribution in [0.1, 0.15) is 38.5 Å². The highest BCUT2D eigenvalue weighted by Gasteiger charge is 2.29. The van der Waals surface area contributed by atoms with Crippen molar-refractivity contribution >= 4 is 34.5 Å². The number of aromatic nitrogens is 2. The molecule has 1 saturated heterocycles. The molecule has 0 bridgehead atoms. The lowest BCUT2D eigenvalue weighted by Crippen LogP contribution is -2.43. The van der Waals surface area contributed by atoms with Gasteiger partial charge >= 0.3 is 0 Å². The summed E-state index contributed by atoms with van der Waals surface area (Å²) in [7, 11) is 1.91. The van der Waals surface area contributed by atoms with Crippen LogP contribution in [0.2, 0.25) is 5.02 Å². The first-order valence-corrected chi connectivity index (χ1v) is 9.77. The molecule has 0 atom stereocenters. The van der Waals surface area contributed by atoms with Gasteiger partial charge in [0.2, 0.25) is 11.9 Å². The number of aryl methyl sites for hydroxylation is 1. The molecular formula is C19H24ClFN4O. The Morgan fingerprint density at radius 2 is 1.92 bits per heavy atom. The Labute approximate surface area is 157 Å². The number of benzene rings is 1. The first kappa shape index (κ1) is 17.6. The third kappa shape index (κ3) is 3.27. The van der Waals surface area contributed by atoms with Crippen molar-refractivity contribution in [1.29, 1.82) is 0 Å². The lowest BCUT2D eigenvalue weighted by atomic mass is 9.95. The molecule has 1 aliphatic heterocycles. The topological polar surface area (TPSA) is 50.2 Å².